The van der Waals surface area contributed by atoms with Crippen LogP contribution >= 0.6 is 27.3 Å². The second-order valence-corrected chi connectivity index (χ2v) is 8.32. The van der Waals surface area contributed by atoms with E-state index in [0.717, 1.165) is 9.35 Å². The molecular weight excluding hydrogens is 414 g/mol. The Kier molecular flexibility index (Phi) is 6.95. The summed E-state index contributed by atoms with van der Waals surface area (Å²) in [5.41, 5.74) is 1.54. The van der Waals surface area contributed by atoms with Crippen LogP contribution in [0.4, 0.5) is 0 Å². The van der Waals surface area contributed by atoms with Gasteiger partial charge in [0.15, 0.2) is 0 Å². The molecule has 1 atom stereocenters. The summed E-state index contributed by atoms with van der Waals surface area (Å²) in [6.45, 7) is 4.41. The van der Waals surface area contributed by atoms with Gasteiger partial charge >= 0.3 is 0 Å². The molecule has 0 radical (unpaired) electrons. The van der Waals surface area contributed by atoms with Crippen molar-refractivity contribution >= 4 is 39.1 Å². The Morgan fingerprint density at radius 3 is 2.38 bits per heavy atom. The van der Waals surface area contributed by atoms with Crippen molar-refractivity contribution < 1.29 is 9.59 Å². The summed E-state index contributed by atoms with van der Waals surface area (Å²) in [6.07, 6.45) is 0. The number of hydrogen-bond donors (Lipinski definition) is 0. The van der Waals surface area contributed by atoms with Crippen LogP contribution in [0.2, 0.25) is 0 Å². The minimum Gasteiger partial charge on any atom is -0.335 e. The van der Waals surface area contributed by atoms with Gasteiger partial charge < -0.3 is 9.80 Å². The SMILES string of the molecule is CCN(C(=O)CN(C)C(=O)c1ccc(Br)s1)C(C)c1ccc(C#N)cc1. The number of carbonyl (C=O) groups excluding carboxylic acids is 2. The topological polar surface area (TPSA) is 64.4 Å². The Labute approximate surface area is 166 Å². The van der Waals surface area contributed by atoms with Crippen LogP contribution in [0.5, 0.6) is 0 Å². The molecule has 0 saturated heterocycles. The van der Waals surface area contributed by atoms with E-state index in [4.69, 9.17) is 5.26 Å². The number of benzene rings is 1. The number of nitriles is 1. The van der Waals surface area contributed by atoms with E-state index < -0.39 is 0 Å². The predicted octanol–water partition coefficient (Wildman–Crippen LogP) is 4.06. The van der Waals surface area contributed by atoms with Crippen LogP contribution in [0.3, 0.4) is 0 Å². The van der Waals surface area contributed by atoms with Crippen molar-refractivity contribution in [2.24, 2.45) is 0 Å². The van der Waals surface area contributed by atoms with Gasteiger partial charge in [-0.3, -0.25) is 9.59 Å². The molecule has 26 heavy (non-hydrogen) atoms. The number of likely N-dealkylation sites (N-methyl/N-ethyl adjacent to an activating group) is 2. The molecule has 2 aromatic rings. The molecule has 136 valence electrons. The molecule has 1 aromatic carbocycles. The number of thiophene rings is 1. The number of hydrogen-bond acceptors (Lipinski definition) is 4. The second-order valence-electron chi connectivity index (χ2n) is 5.85. The Hall–Kier alpha value is -2.17. The fraction of sp³-hybridized carbons (Fsp3) is 0.316. The Morgan fingerprint density at radius 2 is 1.88 bits per heavy atom. The van der Waals surface area contributed by atoms with Crippen LogP contribution in [0.1, 0.15) is 40.7 Å². The highest BCUT2D eigenvalue weighted by atomic mass is 79.9. The molecule has 1 unspecified atom stereocenters. The molecule has 0 N–H and O–H groups in total. The number of amides is 2. The molecule has 7 heteroatoms. The zero-order chi connectivity index (χ0) is 19.3. The van der Waals surface area contributed by atoms with Gasteiger partial charge in [-0.05, 0) is 59.6 Å². The average molecular weight is 434 g/mol. The zero-order valence-electron chi connectivity index (χ0n) is 14.9. The van der Waals surface area contributed by atoms with Crippen molar-refractivity contribution in [2.45, 2.75) is 19.9 Å². The van der Waals surface area contributed by atoms with E-state index in [9.17, 15) is 9.59 Å². The maximum atomic E-state index is 12.7. The lowest BCUT2D eigenvalue weighted by molar-refractivity contribution is -0.133. The van der Waals surface area contributed by atoms with Crippen LogP contribution in [-0.2, 0) is 4.79 Å². The van der Waals surface area contributed by atoms with Crippen molar-refractivity contribution in [1.29, 1.82) is 5.26 Å². The predicted molar refractivity (Wildman–Crippen MR) is 106 cm³/mol. The van der Waals surface area contributed by atoms with Gasteiger partial charge in [0.05, 0.1) is 32.9 Å². The minimum absolute atomic E-state index is 0.0167. The van der Waals surface area contributed by atoms with Crippen LogP contribution in [0.25, 0.3) is 0 Å². The van der Waals surface area contributed by atoms with Gasteiger partial charge in [-0.1, -0.05) is 12.1 Å². The first-order valence-electron chi connectivity index (χ1n) is 8.17. The molecule has 2 rings (SSSR count). The minimum atomic E-state index is -0.170. The average Bonchev–Trinajstić information content (AvgIpc) is 3.07. The third-order valence-corrected chi connectivity index (χ3v) is 5.77. The summed E-state index contributed by atoms with van der Waals surface area (Å²) in [6, 6.07) is 12.7. The lowest BCUT2D eigenvalue weighted by atomic mass is 10.0. The molecule has 0 aliphatic heterocycles. The number of halogens is 1. The molecule has 0 bridgehead atoms. The summed E-state index contributed by atoms with van der Waals surface area (Å²) in [5, 5.41) is 8.90. The monoisotopic (exact) mass is 433 g/mol. The van der Waals surface area contributed by atoms with Crippen LogP contribution < -0.4 is 0 Å². The summed E-state index contributed by atoms with van der Waals surface area (Å²) >= 11 is 4.69. The van der Waals surface area contributed by atoms with Crippen molar-refractivity contribution in [1.82, 2.24) is 9.80 Å². The van der Waals surface area contributed by atoms with E-state index in [-0.39, 0.29) is 24.4 Å². The van der Waals surface area contributed by atoms with Crippen LogP contribution in [0, 0.1) is 11.3 Å². The van der Waals surface area contributed by atoms with Gasteiger partial charge in [0.25, 0.3) is 5.91 Å². The molecule has 0 fully saturated rings. The standard InChI is InChI=1S/C19H20BrN3O2S/c1-4-23(13(2)15-7-5-14(11-21)6-8-15)18(24)12-22(3)19(25)16-9-10-17(20)26-16/h5-10,13H,4,12H2,1-3H3. The lowest BCUT2D eigenvalue weighted by Gasteiger charge is -2.30. The summed E-state index contributed by atoms with van der Waals surface area (Å²) in [5.74, 6) is -0.285. The van der Waals surface area contributed by atoms with Gasteiger partial charge in [0.2, 0.25) is 5.91 Å². The van der Waals surface area contributed by atoms with E-state index in [0.29, 0.717) is 17.0 Å². The largest absolute Gasteiger partial charge is 0.335 e. The van der Waals surface area contributed by atoms with Crippen molar-refractivity contribution in [3.63, 3.8) is 0 Å². The molecule has 1 aromatic heterocycles. The van der Waals surface area contributed by atoms with Gasteiger partial charge in [0, 0.05) is 13.6 Å². The summed E-state index contributed by atoms with van der Waals surface area (Å²) < 4.78 is 0.880. The Balaban J connectivity index is 2.07. The molecular formula is C19H20BrN3O2S. The zero-order valence-corrected chi connectivity index (χ0v) is 17.3. The van der Waals surface area contributed by atoms with Crippen molar-refractivity contribution in [3.05, 3.63) is 56.2 Å². The van der Waals surface area contributed by atoms with E-state index in [2.05, 4.69) is 22.0 Å². The third kappa shape index (κ3) is 4.71. The smallest absolute Gasteiger partial charge is 0.264 e. The highest BCUT2D eigenvalue weighted by Crippen LogP contribution is 2.24. The van der Waals surface area contributed by atoms with Gasteiger partial charge in [-0.25, -0.2) is 0 Å². The van der Waals surface area contributed by atoms with E-state index in [1.165, 1.54) is 16.2 Å². The van der Waals surface area contributed by atoms with Gasteiger partial charge in [-0.15, -0.1) is 11.3 Å². The van der Waals surface area contributed by atoms with E-state index >= 15 is 0 Å². The quantitative estimate of drug-likeness (QED) is 0.689. The van der Waals surface area contributed by atoms with E-state index in [1.807, 2.05) is 32.0 Å². The molecule has 0 spiro atoms. The number of nitrogens with zero attached hydrogens (tertiary/aromatic N) is 3. The Morgan fingerprint density at radius 1 is 1.23 bits per heavy atom. The normalized spacial score (nSPS) is 11.5. The maximum Gasteiger partial charge on any atom is 0.264 e. The van der Waals surface area contributed by atoms with Crippen molar-refractivity contribution in [2.75, 3.05) is 20.1 Å². The molecule has 0 aliphatic carbocycles. The number of rotatable bonds is 6. The van der Waals surface area contributed by atoms with Gasteiger partial charge in [0.1, 0.15) is 0 Å². The molecule has 0 aliphatic rings. The molecule has 5 nitrogen and oxygen atoms in total. The molecule has 2 amide bonds. The van der Waals surface area contributed by atoms with Crippen molar-refractivity contribution in [3.8, 4) is 6.07 Å². The van der Waals surface area contributed by atoms with Crippen LogP contribution in [-0.4, -0.2) is 41.8 Å². The first kappa shape index (κ1) is 20.1. The fourth-order valence-electron chi connectivity index (χ4n) is 2.67. The van der Waals surface area contributed by atoms with Gasteiger partial charge in [-0.2, -0.15) is 5.26 Å². The third-order valence-electron chi connectivity index (χ3n) is 4.15. The first-order chi connectivity index (χ1) is 12.4. The molecule has 0 saturated carbocycles. The maximum absolute atomic E-state index is 12.7. The highest BCUT2D eigenvalue weighted by molar-refractivity contribution is 9.11. The van der Waals surface area contributed by atoms with Crippen LogP contribution in [0.15, 0.2) is 40.2 Å². The Bertz CT molecular complexity index is 826. The fourth-order valence-corrected chi connectivity index (χ4v) is 4.05. The first-order valence-corrected chi connectivity index (χ1v) is 9.78. The lowest BCUT2D eigenvalue weighted by Crippen LogP contribution is -2.42. The molecule has 1 heterocycles. The van der Waals surface area contributed by atoms with E-state index in [1.54, 1.807) is 30.1 Å². The number of carbonyl (C=O) groups is 2. The highest BCUT2D eigenvalue weighted by Gasteiger charge is 2.23. The summed E-state index contributed by atoms with van der Waals surface area (Å²) in [4.78, 5) is 28.9. The summed E-state index contributed by atoms with van der Waals surface area (Å²) in [7, 11) is 1.63. The second kappa shape index (κ2) is 8.97.